The Kier molecular flexibility index (Phi) is 6.14. The Morgan fingerprint density at radius 2 is 2.00 bits per heavy atom. The molecule has 1 N–H and O–H groups in total. The lowest BCUT2D eigenvalue weighted by Gasteiger charge is -2.22. The van der Waals surface area contributed by atoms with Crippen LogP contribution < -0.4 is 5.32 Å². The number of hydrogen-bond acceptors (Lipinski definition) is 5. The number of nitrogens with one attached hydrogen (secondary N) is 1. The Morgan fingerprint density at radius 3 is 2.74 bits per heavy atom. The van der Waals surface area contributed by atoms with Crippen LogP contribution in [-0.4, -0.2) is 46.6 Å². The van der Waals surface area contributed by atoms with E-state index in [1.165, 1.54) is 11.1 Å². The average Bonchev–Trinajstić information content (AvgIpc) is 3.16. The average molecular weight is 364 g/mol. The predicted molar refractivity (Wildman–Crippen MR) is 105 cm³/mol. The fourth-order valence-corrected chi connectivity index (χ4v) is 2.74. The number of nitrogens with zero attached hydrogens (tertiary/aromatic N) is 5. The molecule has 7 heteroatoms. The lowest BCUT2D eigenvalue weighted by molar-refractivity contribution is 0.420. The molecule has 27 heavy (non-hydrogen) atoms. The van der Waals surface area contributed by atoms with Crippen LogP contribution in [0.1, 0.15) is 17.0 Å². The van der Waals surface area contributed by atoms with E-state index < -0.39 is 0 Å². The molecule has 3 rings (SSSR count). The van der Waals surface area contributed by atoms with Gasteiger partial charge in [0.2, 0.25) is 0 Å². The summed E-state index contributed by atoms with van der Waals surface area (Å²) in [5.74, 6) is 1.90. The Hall–Kier alpha value is -3.22. The second-order valence-electron chi connectivity index (χ2n) is 6.24. The van der Waals surface area contributed by atoms with Crippen LogP contribution in [0.3, 0.4) is 0 Å². The van der Waals surface area contributed by atoms with E-state index in [0.29, 0.717) is 30.4 Å². The van der Waals surface area contributed by atoms with Gasteiger partial charge in [0.15, 0.2) is 11.8 Å². The fraction of sp³-hybridized carbons (Fsp3) is 0.300. The van der Waals surface area contributed by atoms with Gasteiger partial charge in [0.1, 0.15) is 5.69 Å². The minimum absolute atomic E-state index is 0.437. The summed E-state index contributed by atoms with van der Waals surface area (Å²) in [6.07, 6.45) is 2.34. The van der Waals surface area contributed by atoms with Crippen LogP contribution in [0.15, 0.2) is 58.2 Å². The van der Waals surface area contributed by atoms with E-state index in [0.717, 1.165) is 12.5 Å². The van der Waals surface area contributed by atoms with Gasteiger partial charge in [-0.15, -0.1) is 0 Å². The molecular weight excluding hydrogens is 340 g/mol. The van der Waals surface area contributed by atoms with Gasteiger partial charge in [-0.1, -0.05) is 35.5 Å². The quantitative estimate of drug-likeness (QED) is 0.535. The summed E-state index contributed by atoms with van der Waals surface area (Å²) in [6.45, 7) is 3.57. The Morgan fingerprint density at radius 1 is 1.19 bits per heavy atom. The number of rotatable bonds is 6. The van der Waals surface area contributed by atoms with Crippen molar-refractivity contribution in [2.75, 3.05) is 20.6 Å². The van der Waals surface area contributed by atoms with Gasteiger partial charge in [-0.3, -0.25) is 9.98 Å². The summed E-state index contributed by atoms with van der Waals surface area (Å²) in [7, 11) is 3.81. The van der Waals surface area contributed by atoms with E-state index in [4.69, 9.17) is 4.52 Å². The van der Waals surface area contributed by atoms with Crippen LogP contribution in [0.25, 0.3) is 11.6 Å². The topological polar surface area (TPSA) is 79.4 Å². The SMILES string of the molecule is CN=C(NCCc1noc(-c2ccccn2)n1)N(C)Cc1ccccc1C. The van der Waals surface area contributed by atoms with Crippen LogP contribution in [0.5, 0.6) is 0 Å². The molecule has 0 bridgehead atoms. The number of aryl methyl sites for hydroxylation is 1. The van der Waals surface area contributed by atoms with Gasteiger partial charge in [0, 0.05) is 39.8 Å². The van der Waals surface area contributed by atoms with Crippen LogP contribution >= 0.6 is 0 Å². The monoisotopic (exact) mass is 364 g/mol. The van der Waals surface area contributed by atoms with Crippen molar-refractivity contribution in [1.82, 2.24) is 25.3 Å². The third kappa shape index (κ3) is 4.91. The first kappa shape index (κ1) is 18.6. The summed E-state index contributed by atoms with van der Waals surface area (Å²) in [6, 6.07) is 14.0. The maximum atomic E-state index is 5.28. The van der Waals surface area contributed by atoms with Crippen molar-refractivity contribution in [2.24, 2.45) is 4.99 Å². The third-order valence-electron chi connectivity index (χ3n) is 4.23. The molecule has 0 fully saturated rings. The van der Waals surface area contributed by atoms with Crippen molar-refractivity contribution < 1.29 is 4.52 Å². The molecule has 3 aromatic rings. The van der Waals surface area contributed by atoms with Crippen LogP contribution in [0.4, 0.5) is 0 Å². The molecule has 0 aliphatic heterocycles. The minimum Gasteiger partial charge on any atom is -0.356 e. The highest BCUT2D eigenvalue weighted by Gasteiger charge is 2.11. The minimum atomic E-state index is 0.437. The van der Waals surface area contributed by atoms with Gasteiger partial charge < -0.3 is 14.7 Å². The van der Waals surface area contributed by atoms with Crippen molar-refractivity contribution >= 4 is 5.96 Å². The molecule has 0 amide bonds. The van der Waals surface area contributed by atoms with Crippen LogP contribution in [0.2, 0.25) is 0 Å². The van der Waals surface area contributed by atoms with Gasteiger partial charge in [0.05, 0.1) is 0 Å². The van der Waals surface area contributed by atoms with E-state index in [9.17, 15) is 0 Å². The molecule has 1 aromatic carbocycles. The molecule has 0 saturated heterocycles. The van der Waals surface area contributed by atoms with Crippen molar-refractivity contribution in [2.45, 2.75) is 19.9 Å². The van der Waals surface area contributed by atoms with Crippen molar-refractivity contribution in [1.29, 1.82) is 0 Å². The summed E-state index contributed by atoms with van der Waals surface area (Å²) < 4.78 is 5.28. The highest BCUT2D eigenvalue weighted by atomic mass is 16.5. The molecule has 2 aromatic heterocycles. The Bertz CT molecular complexity index is 890. The standard InChI is InChI=1S/C20H24N6O/c1-15-8-4-5-9-16(15)14-26(3)20(21-2)23-13-11-18-24-19(27-25-18)17-10-6-7-12-22-17/h4-10,12H,11,13-14H2,1-3H3,(H,21,23). The van der Waals surface area contributed by atoms with E-state index >= 15 is 0 Å². The number of aromatic nitrogens is 3. The fourth-order valence-electron chi connectivity index (χ4n) is 2.74. The zero-order valence-corrected chi connectivity index (χ0v) is 15.9. The molecule has 0 atom stereocenters. The number of hydrogen-bond donors (Lipinski definition) is 1. The summed E-state index contributed by atoms with van der Waals surface area (Å²) in [5.41, 5.74) is 3.23. The van der Waals surface area contributed by atoms with Crippen molar-refractivity contribution in [3.05, 3.63) is 65.6 Å². The largest absolute Gasteiger partial charge is 0.356 e. The second kappa shape index (κ2) is 8.93. The number of guanidine groups is 1. The van der Waals surface area contributed by atoms with Gasteiger partial charge in [-0.05, 0) is 30.2 Å². The van der Waals surface area contributed by atoms with E-state index in [-0.39, 0.29) is 0 Å². The second-order valence-corrected chi connectivity index (χ2v) is 6.24. The number of pyridine rings is 1. The van der Waals surface area contributed by atoms with E-state index in [1.54, 1.807) is 13.2 Å². The third-order valence-corrected chi connectivity index (χ3v) is 4.23. The summed E-state index contributed by atoms with van der Waals surface area (Å²) in [5, 5.41) is 7.36. The molecule has 0 aliphatic rings. The van der Waals surface area contributed by atoms with Gasteiger partial charge in [-0.2, -0.15) is 4.98 Å². The van der Waals surface area contributed by atoms with Crippen LogP contribution in [-0.2, 0) is 13.0 Å². The van der Waals surface area contributed by atoms with Gasteiger partial charge in [-0.25, -0.2) is 0 Å². The molecule has 140 valence electrons. The normalized spacial score (nSPS) is 11.4. The maximum Gasteiger partial charge on any atom is 0.276 e. The Labute approximate surface area is 159 Å². The number of aliphatic imine (C=N–C) groups is 1. The Balaban J connectivity index is 1.53. The molecular formula is C20H24N6O. The highest BCUT2D eigenvalue weighted by Crippen LogP contribution is 2.13. The molecule has 0 radical (unpaired) electrons. The molecule has 0 spiro atoms. The van der Waals surface area contributed by atoms with Gasteiger partial charge in [0.25, 0.3) is 5.89 Å². The molecule has 2 heterocycles. The number of benzene rings is 1. The molecule has 0 aliphatic carbocycles. The molecule has 0 unspecified atom stereocenters. The predicted octanol–water partition coefficient (Wildman–Crippen LogP) is 2.69. The molecule has 7 nitrogen and oxygen atoms in total. The van der Waals surface area contributed by atoms with Crippen LogP contribution in [0, 0.1) is 6.92 Å². The van der Waals surface area contributed by atoms with Crippen molar-refractivity contribution in [3.63, 3.8) is 0 Å². The van der Waals surface area contributed by atoms with E-state index in [1.807, 2.05) is 25.2 Å². The summed E-state index contributed by atoms with van der Waals surface area (Å²) in [4.78, 5) is 15.1. The zero-order chi connectivity index (χ0) is 19.1. The smallest absolute Gasteiger partial charge is 0.276 e. The van der Waals surface area contributed by atoms with Crippen molar-refractivity contribution in [3.8, 4) is 11.6 Å². The molecule has 0 saturated carbocycles. The first-order chi connectivity index (χ1) is 13.2. The zero-order valence-electron chi connectivity index (χ0n) is 15.9. The van der Waals surface area contributed by atoms with E-state index in [2.05, 4.69) is 61.5 Å². The first-order valence-corrected chi connectivity index (χ1v) is 8.87. The maximum absolute atomic E-state index is 5.28. The lowest BCUT2D eigenvalue weighted by atomic mass is 10.1. The summed E-state index contributed by atoms with van der Waals surface area (Å²) >= 11 is 0. The van der Waals surface area contributed by atoms with Gasteiger partial charge >= 0.3 is 0 Å². The first-order valence-electron chi connectivity index (χ1n) is 8.87. The highest BCUT2D eigenvalue weighted by molar-refractivity contribution is 5.79. The lowest BCUT2D eigenvalue weighted by Crippen LogP contribution is -2.39.